The van der Waals surface area contributed by atoms with Crippen LogP contribution < -0.4 is 10.2 Å². The SMILES string of the molecule is CS(O)(O)c1cc(C#N)ccc1[C@@H]1C2=C(CCCC2=O)N(c2cccc(C(F)(F)F)c2)C(=O)N1C(=O)NC1CCC[C@H]1O. The molecular weight excluding hydrogens is 589 g/mol. The summed E-state index contributed by atoms with van der Waals surface area (Å²) in [7, 11) is -3.59. The van der Waals surface area contributed by atoms with E-state index < -0.39 is 58.4 Å². The Morgan fingerprint density at radius 1 is 1.09 bits per heavy atom. The number of hydrogen-bond donors (Lipinski definition) is 4. The van der Waals surface area contributed by atoms with E-state index in [2.05, 4.69) is 5.32 Å². The lowest BCUT2D eigenvalue weighted by Crippen LogP contribution is -2.58. The van der Waals surface area contributed by atoms with Crippen LogP contribution in [0.4, 0.5) is 28.4 Å². The number of carbonyl (C=O) groups is 3. The number of nitrogens with one attached hydrogen (secondary N) is 1. The van der Waals surface area contributed by atoms with Gasteiger partial charge in [0.2, 0.25) is 0 Å². The monoisotopic (exact) mass is 618 g/mol. The molecule has 1 fully saturated rings. The van der Waals surface area contributed by atoms with Crippen LogP contribution in [0.25, 0.3) is 0 Å². The number of aliphatic hydroxyl groups is 1. The Hall–Kier alpha value is -3.90. The van der Waals surface area contributed by atoms with Gasteiger partial charge in [-0.25, -0.2) is 14.5 Å². The molecule has 14 heteroatoms. The van der Waals surface area contributed by atoms with Crippen molar-refractivity contribution in [2.75, 3.05) is 11.2 Å². The van der Waals surface area contributed by atoms with Gasteiger partial charge < -0.3 is 10.4 Å². The first kappa shape index (κ1) is 30.6. The molecule has 4 N–H and O–H groups in total. The molecule has 2 aromatic carbocycles. The first-order valence-corrected chi connectivity index (χ1v) is 15.5. The zero-order valence-corrected chi connectivity index (χ0v) is 23.8. The third kappa shape index (κ3) is 5.73. The smallest absolute Gasteiger partial charge is 0.391 e. The lowest BCUT2D eigenvalue weighted by molar-refractivity contribution is -0.137. The van der Waals surface area contributed by atoms with Gasteiger partial charge >= 0.3 is 18.2 Å². The van der Waals surface area contributed by atoms with Gasteiger partial charge in [0.1, 0.15) is 6.04 Å². The summed E-state index contributed by atoms with van der Waals surface area (Å²) in [6, 6.07) is 5.46. The number of carbonyl (C=O) groups excluding carboxylic acids is 3. The standard InChI is InChI=1S/C29H29F3N4O6S/c1-43(41,42)24-13-16(15-33)11-12-19(24)26-25-21(8-4-10-23(25)38)35(18-6-2-5-17(14-18)29(30,31)32)28(40)36(26)27(39)34-20-7-3-9-22(20)37/h2,5-6,11-14,20,22,26,37,41-42H,3-4,7-10H2,1H3,(H,34,39)/t20?,22-,26-/m1/s1. The van der Waals surface area contributed by atoms with Gasteiger partial charge in [-0.15, -0.1) is 0 Å². The van der Waals surface area contributed by atoms with E-state index in [9.17, 15) is 47.0 Å². The maximum atomic E-state index is 14.3. The summed E-state index contributed by atoms with van der Waals surface area (Å²) in [4.78, 5) is 43.3. The second-order valence-corrected chi connectivity index (χ2v) is 12.9. The number of nitrogens with zero attached hydrogens (tertiary/aromatic N) is 3. The fraction of sp³-hybridized carbons (Fsp3) is 0.379. The van der Waals surface area contributed by atoms with Crippen molar-refractivity contribution in [2.45, 2.75) is 67.8 Å². The van der Waals surface area contributed by atoms with E-state index >= 15 is 0 Å². The highest BCUT2D eigenvalue weighted by Gasteiger charge is 2.49. The van der Waals surface area contributed by atoms with Crippen LogP contribution in [0, 0.1) is 11.3 Å². The number of rotatable bonds is 4. The van der Waals surface area contributed by atoms with E-state index in [0.717, 1.165) is 29.4 Å². The van der Waals surface area contributed by atoms with Gasteiger partial charge in [0.25, 0.3) is 0 Å². The predicted octanol–water partition coefficient (Wildman–Crippen LogP) is 5.93. The topological polar surface area (TPSA) is 154 Å². The summed E-state index contributed by atoms with van der Waals surface area (Å²) >= 11 is 0. The summed E-state index contributed by atoms with van der Waals surface area (Å²) in [5, 5.41) is 22.5. The first-order valence-electron chi connectivity index (χ1n) is 13.5. The van der Waals surface area contributed by atoms with Crippen molar-refractivity contribution in [1.29, 1.82) is 5.26 Å². The van der Waals surface area contributed by atoms with Gasteiger partial charge in [-0.2, -0.15) is 29.0 Å². The number of anilines is 1. The van der Waals surface area contributed by atoms with Crippen LogP contribution >= 0.6 is 10.6 Å². The average molecular weight is 619 g/mol. The van der Waals surface area contributed by atoms with Gasteiger partial charge in [0, 0.05) is 29.5 Å². The van der Waals surface area contributed by atoms with Crippen molar-refractivity contribution in [2.24, 2.45) is 0 Å². The maximum Gasteiger partial charge on any atom is 0.416 e. The molecule has 3 aliphatic rings. The minimum absolute atomic E-state index is 0.00316. The van der Waals surface area contributed by atoms with Crippen LogP contribution in [-0.2, 0) is 11.0 Å². The summed E-state index contributed by atoms with van der Waals surface area (Å²) in [5.41, 5.74) is -1.15. The molecule has 0 saturated heterocycles. The van der Waals surface area contributed by atoms with E-state index in [1.165, 1.54) is 24.3 Å². The highest BCUT2D eigenvalue weighted by molar-refractivity contribution is 8.23. The first-order chi connectivity index (χ1) is 20.2. The number of amides is 4. The van der Waals surface area contributed by atoms with E-state index in [4.69, 9.17) is 0 Å². The summed E-state index contributed by atoms with van der Waals surface area (Å²) in [6.07, 6.45) is -2.70. The molecule has 1 unspecified atom stereocenters. The number of allylic oxidation sites excluding steroid dienone is 1. The quantitative estimate of drug-likeness (QED) is 0.331. The molecule has 0 aromatic heterocycles. The van der Waals surface area contributed by atoms with Gasteiger partial charge in [-0.05, 0) is 62.4 Å². The highest BCUT2D eigenvalue weighted by atomic mass is 32.3. The molecule has 5 rings (SSSR count). The van der Waals surface area contributed by atoms with E-state index in [0.29, 0.717) is 24.2 Å². The zero-order chi connectivity index (χ0) is 31.3. The number of hydrogen-bond acceptors (Lipinski definition) is 7. The van der Waals surface area contributed by atoms with Crippen molar-refractivity contribution < 1.29 is 41.8 Å². The number of alkyl halides is 3. The molecular formula is C29H29F3N4O6S. The number of benzene rings is 2. The molecule has 1 heterocycles. The van der Waals surface area contributed by atoms with Crippen molar-refractivity contribution >= 4 is 34.1 Å². The van der Waals surface area contributed by atoms with Gasteiger partial charge in [0.05, 0.1) is 39.9 Å². The molecule has 0 bridgehead atoms. The highest BCUT2D eigenvalue weighted by Crippen LogP contribution is 2.52. The Morgan fingerprint density at radius 3 is 2.47 bits per heavy atom. The van der Waals surface area contributed by atoms with Gasteiger partial charge in [-0.1, -0.05) is 12.1 Å². The van der Waals surface area contributed by atoms with Crippen molar-refractivity contribution in [3.63, 3.8) is 0 Å². The Bertz CT molecular complexity index is 1560. The molecule has 1 saturated carbocycles. The van der Waals surface area contributed by atoms with Crippen LogP contribution in [-0.4, -0.2) is 55.4 Å². The molecule has 2 aliphatic carbocycles. The molecule has 0 spiro atoms. The number of Topliss-reactive ketones (excluding diaryl/α,β-unsaturated/α-hetero) is 1. The Morgan fingerprint density at radius 2 is 1.84 bits per heavy atom. The number of halogens is 3. The predicted molar refractivity (Wildman–Crippen MR) is 150 cm³/mol. The van der Waals surface area contributed by atoms with Gasteiger partial charge in [-0.3, -0.25) is 18.8 Å². The van der Waals surface area contributed by atoms with E-state index in [1.807, 2.05) is 6.07 Å². The zero-order valence-electron chi connectivity index (χ0n) is 23.0. The van der Waals surface area contributed by atoms with Crippen LogP contribution in [0.1, 0.15) is 61.3 Å². The fourth-order valence-corrected chi connectivity index (χ4v) is 6.92. The molecule has 3 atom stereocenters. The number of urea groups is 2. The number of aliphatic hydroxyl groups excluding tert-OH is 1. The second kappa shape index (κ2) is 11.3. The van der Waals surface area contributed by atoms with Crippen LogP contribution in [0.2, 0.25) is 0 Å². The molecule has 0 radical (unpaired) electrons. The number of ketones is 1. The molecule has 228 valence electrons. The third-order valence-electron chi connectivity index (χ3n) is 7.92. The summed E-state index contributed by atoms with van der Waals surface area (Å²) < 4.78 is 62.5. The maximum absolute atomic E-state index is 14.3. The Kier molecular flexibility index (Phi) is 8.03. The normalized spacial score (nSPS) is 23.3. The Labute approximate surface area is 246 Å². The molecule has 10 nitrogen and oxygen atoms in total. The molecule has 43 heavy (non-hydrogen) atoms. The lowest BCUT2D eigenvalue weighted by Gasteiger charge is -2.45. The van der Waals surface area contributed by atoms with Gasteiger partial charge in [0.15, 0.2) is 5.78 Å². The van der Waals surface area contributed by atoms with Crippen molar-refractivity contribution in [3.8, 4) is 6.07 Å². The second-order valence-electron chi connectivity index (χ2n) is 10.8. The van der Waals surface area contributed by atoms with Crippen LogP contribution in [0.3, 0.4) is 0 Å². The number of imide groups is 1. The average Bonchev–Trinajstić information content (AvgIpc) is 3.35. The van der Waals surface area contributed by atoms with E-state index in [1.54, 1.807) is 0 Å². The van der Waals surface area contributed by atoms with Crippen LogP contribution in [0.15, 0.2) is 58.6 Å². The van der Waals surface area contributed by atoms with Crippen molar-refractivity contribution in [1.82, 2.24) is 10.2 Å². The largest absolute Gasteiger partial charge is 0.416 e. The molecule has 2 aromatic rings. The van der Waals surface area contributed by atoms with Crippen LogP contribution in [0.5, 0.6) is 0 Å². The summed E-state index contributed by atoms with van der Waals surface area (Å²) in [5.74, 6) is -0.475. The molecule has 4 amide bonds. The minimum atomic E-state index is -4.74. The number of nitriles is 1. The summed E-state index contributed by atoms with van der Waals surface area (Å²) in [6.45, 7) is 0. The van der Waals surface area contributed by atoms with Crippen molar-refractivity contribution in [3.05, 3.63) is 70.4 Å². The minimum Gasteiger partial charge on any atom is -0.391 e. The Balaban J connectivity index is 1.77. The lowest BCUT2D eigenvalue weighted by atomic mass is 9.83. The van der Waals surface area contributed by atoms with E-state index in [-0.39, 0.29) is 52.2 Å². The third-order valence-corrected chi connectivity index (χ3v) is 9.11. The molecule has 1 aliphatic heterocycles. The fourth-order valence-electron chi connectivity index (χ4n) is 5.94.